The first-order valence-corrected chi connectivity index (χ1v) is 7.19. The Morgan fingerprint density at radius 2 is 2.15 bits per heavy atom. The molecule has 1 heterocycles. The van der Waals surface area contributed by atoms with Crippen molar-refractivity contribution in [2.45, 2.75) is 39.2 Å². The molecule has 2 N–H and O–H groups in total. The number of hydrogen-bond acceptors (Lipinski definition) is 3. The van der Waals surface area contributed by atoms with Crippen LogP contribution in [0.4, 0.5) is 0 Å². The highest BCUT2D eigenvalue weighted by Gasteiger charge is 2.28. The van der Waals surface area contributed by atoms with Crippen molar-refractivity contribution >= 4 is 11.8 Å². The van der Waals surface area contributed by atoms with Gasteiger partial charge in [0.05, 0.1) is 12.8 Å². The molecule has 2 amide bonds. The second kappa shape index (κ2) is 6.59. The first kappa shape index (κ1) is 14.6. The van der Waals surface area contributed by atoms with Gasteiger partial charge in [0.1, 0.15) is 0 Å². The monoisotopic (exact) mass is 278 g/mol. The molecule has 1 aromatic heterocycles. The van der Waals surface area contributed by atoms with Crippen LogP contribution >= 0.6 is 0 Å². The van der Waals surface area contributed by atoms with Crippen molar-refractivity contribution in [3.63, 3.8) is 0 Å². The first-order valence-electron chi connectivity index (χ1n) is 7.19. The Bertz CT molecular complexity index is 456. The fourth-order valence-corrected chi connectivity index (χ4v) is 2.70. The molecule has 1 aliphatic carbocycles. The molecule has 2 rings (SSSR count). The Kier molecular flexibility index (Phi) is 4.82. The van der Waals surface area contributed by atoms with Crippen LogP contribution < -0.4 is 10.6 Å². The highest BCUT2D eigenvalue weighted by atomic mass is 16.3. The van der Waals surface area contributed by atoms with Crippen LogP contribution in [0.5, 0.6) is 0 Å². The van der Waals surface area contributed by atoms with Crippen LogP contribution in [-0.2, 0) is 4.79 Å². The summed E-state index contributed by atoms with van der Waals surface area (Å²) in [6.45, 7) is 4.38. The van der Waals surface area contributed by atoms with Gasteiger partial charge in [0.15, 0.2) is 5.76 Å². The van der Waals surface area contributed by atoms with E-state index in [-0.39, 0.29) is 30.2 Å². The molecule has 5 heteroatoms. The number of furan rings is 1. The van der Waals surface area contributed by atoms with Crippen LogP contribution in [0.3, 0.4) is 0 Å². The molecule has 110 valence electrons. The van der Waals surface area contributed by atoms with Crippen LogP contribution in [0.15, 0.2) is 22.8 Å². The first-order chi connectivity index (χ1) is 9.58. The third-order valence-electron chi connectivity index (χ3n) is 4.21. The summed E-state index contributed by atoms with van der Waals surface area (Å²) in [7, 11) is 0. The summed E-state index contributed by atoms with van der Waals surface area (Å²) in [5, 5.41) is 5.57. The van der Waals surface area contributed by atoms with Gasteiger partial charge in [0.2, 0.25) is 5.91 Å². The zero-order chi connectivity index (χ0) is 14.5. The molecule has 1 aliphatic rings. The number of rotatable bonds is 4. The van der Waals surface area contributed by atoms with Gasteiger partial charge < -0.3 is 15.1 Å². The van der Waals surface area contributed by atoms with E-state index in [1.54, 1.807) is 12.1 Å². The summed E-state index contributed by atoms with van der Waals surface area (Å²) >= 11 is 0. The second-order valence-electron chi connectivity index (χ2n) is 5.60. The molecular formula is C15H22N2O3. The van der Waals surface area contributed by atoms with Crippen LogP contribution in [-0.4, -0.2) is 24.4 Å². The minimum absolute atomic E-state index is 0.0167. The van der Waals surface area contributed by atoms with E-state index in [0.29, 0.717) is 11.8 Å². The molecule has 1 aromatic rings. The summed E-state index contributed by atoms with van der Waals surface area (Å²) in [6, 6.07) is 3.42. The van der Waals surface area contributed by atoms with Crippen molar-refractivity contribution in [3.05, 3.63) is 24.2 Å². The number of nitrogens with one attached hydrogen (secondary N) is 2. The van der Waals surface area contributed by atoms with E-state index in [2.05, 4.69) is 24.5 Å². The van der Waals surface area contributed by atoms with Crippen molar-refractivity contribution < 1.29 is 14.0 Å². The van der Waals surface area contributed by atoms with Gasteiger partial charge in [0, 0.05) is 6.04 Å². The lowest BCUT2D eigenvalue weighted by Crippen LogP contribution is -2.47. The van der Waals surface area contributed by atoms with Crippen LogP contribution in [0, 0.1) is 11.8 Å². The minimum atomic E-state index is -0.366. The maximum absolute atomic E-state index is 11.9. The van der Waals surface area contributed by atoms with Crippen molar-refractivity contribution in [1.82, 2.24) is 10.6 Å². The Morgan fingerprint density at radius 1 is 1.35 bits per heavy atom. The van der Waals surface area contributed by atoms with E-state index in [1.165, 1.54) is 12.7 Å². The van der Waals surface area contributed by atoms with Crippen LogP contribution in [0.1, 0.15) is 43.7 Å². The largest absolute Gasteiger partial charge is 0.459 e. The zero-order valence-electron chi connectivity index (χ0n) is 12.0. The Balaban J connectivity index is 1.76. The van der Waals surface area contributed by atoms with E-state index in [0.717, 1.165) is 12.8 Å². The van der Waals surface area contributed by atoms with Gasteiger partial charge in [0.25, 0.3) is 5.91 Å². The van der Waals surface area contributed by atoms with Gasteiger partial charge in [-0.1, -0.05) is 26.7 Å². The third-order valence-corrected chi connectivity index (χ3v) is 4.21. The van der Waals surface area contributed by atoms with E-state index in [4.69, 9.17) is 4.42 Å². The third kappa shape index (κ3) is 3.62. The van der Waals surface area contributed by atoms with Crippen molar-refractivity contribution in [2.75, 3.05) is 6.54 Å². The van der Waals surface area contributed by atoms with Crippen molar-refractivity contribution in [3.8, 4) is 0 Å². The molecule has 0 spiro atoms. The molecule has 3 atom stereocenters. The fraction of sp³-hybridized carbons (Fsp3) is 0.600. The SMILES string of the molecule is C[C@H]1[C@H](C)CCC[C@H]1NC(=O)CNC(=O)c1ccco1. The maximum atomic E-state index is 11.9. The summed E-state index contributed by atoms with van der Waals surface area (Å²) in [5.41, 5.74) is 0. The number of carbonyl (C=O) groups excluding carboxylic acids is 2. The lowest BCUT2D eigenvalue weighted by molar-refractivity contribution is -0.121. The number of carbonyl (C=O) groups is 2. The van der Waals surface area contributed by atoms with Gasteiger partial charge in [-0.2, -0.15) is 0 Å². The van der Waals surface area contributed by atoms with Crippen molar-refractivity contribution in [1.29, 1.82) is 0 Å². The maximum Gasteiger partial charge on any atom is 0.287 e. The van der Waals surface area contributed by atoms with Crippen LogP contribution in [0.25, 0.3) is 0 Å². The number of amides is 2. The number of hydrogen-bond donors (Lipinski definition) is 2. The lowest BCUT2D eigenvalue weighted by atomic mass is 9.78. The molecule has 0 radical (unpaired) electrons. The highest BCUT2D eigenvalue weighted by molar-refractivity contribution is 5.94. The molecule has 1 saturated carbocycles. The van der Waals surface area contributed by atoms with E-state index >= 15 is 0 Å². The Hall–Kier alpha value is -1.78. The Morgan fingerprint density at radius 3 is 2.85 bits per heavy atom. The quantitative estimate of drug-likeness (QED) is 0.884. The molecule has 20 heavy (non-hydrogen) atoms. The fourth-order valence-electron chi connectivity index (χ4n) is 2.70. The predicted octanol–water partition coefficient (Wildman–Crippen LogP) is 1.95. The lowest BCUT2D eigenvalue weighted by Gasteiger charge is -2.34. The normalized spacial score (nSPS) is 26.0. The van der Waals surface area contributed by atoms with Gasteiger partial charge >= 0.3 is 0 Å². The summed E-state index contributed by atoms with van der Waals surface area (Å²) in [5.74, 6) is 0.823. The smallest absolute Gasteiger partial charge is 0.287 e. The minimum Gasteiger partial charge on any atom is -0.459 e. The molecule has 5 nitrogen and oxygen atoms in total. The van der Waals surface area contributed by atoms with E-state index in [1.807, 2.05) is 0 Å². The molecule has 0 unspecified atom stereocenters. The van der Waals surface area contributed by atoms with Crippen LogP contribution in [0.2, 0.25) is 0 Å². The topological polar surface area (TPSA) is 71.3 Å². The second-order valence-corrected chi connectivity index (χ2v) is 5.60. The van der Waals surface area contributed by atoms with Gasteiger partial charge in [-0.25, -0.2) is 0 Å². The van der Waals surface area contributed by atoms with E-state index < -0.39 is 0 Å². The van der Waals surface area contributed by atoms with Gasteiger partial charge in [-0.15, -0.1) is 0 Å². The molecule has 0 bridgehead atoms. The summed E-state index contributed by atoms with van der Waals surface area (Å²) in [6.07, 6.45) is 4.82. The molecule has 1 fully saturated rings. The molecule has 0 aliphatic heterocycles. The molecular weight excluding hydrogens is 256 g/mol. The highest BCUT2D eigenvalue weighted by Crippen LogP contribution is 2.29. The predicted molar refractivity (Wildman–Crippen MR) is 75.2 cm³/mol. The summed E-state index contributed by atoms with van der Waals surface area (Å²) < 4.78 is 4.96. The molecule has 0 saturated heterocycles. The zero-order valence-corrected chi connectivity index (χ0v) is 12.0. The summed E-state index contributed by atoms with van der Waals surface area (Å²) in [4.78, 5) is 23.5. The van der Waals surface area contributed by atoms with Gasteiger partial charge in [-0.3, -0.25) is 9.59 Å². The standard InChI is InChI=1S/C15H22N2O3/c1-10-5-3-6-12(11(10)2)17-14(18)9-16-15(19)13-7-4-8-20-13/h4,7-8,10-12H,3,5-6,9H2,1-2H3,(H,16,19)(H,17,18)/t10-,11+,12-/m1/s1. The Labute approximate surface area is 119 Å². The van der Waals surface area contributed by atoms with Gasteiger partial charge in [-0.05, 0) is 30.4 Å². The average Bonchev–Trinajstić information content (AvgIpc) is 2.95. The van der Waals surface area contributed by atoms with E-state index in [9.17, 15) is 9.59 Å². The molecule has 0 aromatic carbocycles. The average molecular weight is 278 g/mol. The van der Waals surface area contributed by atoms with Crippen molar-refractivity contribution in [2.24, 2.45) is 11.8 Å².